The van der Waals surface area contributed by atoms with E-state index >= 15 is 0 Å². The molecule has 0 fully saturated rings. The van der Waals surface area contributed by atoms with Crippen molar-refractivity contribution in [1.82, 2.24) is 5.32 Å². The van der Waals surface area contributed by atoms with Crippen LogP contribution in [0.4, 0.5) is 5.69 Å². The van der Waals surface area contributed by atoms with E-state index in [9.17, 15) is 13.2 Å². The maximum Gasteiger partial charge on any atom is 0.241 e. The van der Waals surface area contributed by atoms with E-state index < -0.39 is 10.0 Å². The lowest BCUT2D eigenvalue weighted by atomic mass is 9.89. The molecule has 2 aromatic carbocycles. The van der Waals surface area contributed by atoms with Crippen LogP contribution >= 0.6 is 11.6 Å². The van der Waals surface area contributed by atoms with E-state index in [-0.39, 0.29) is 18.5 Å². The number of nitrogens with zero attached hydrogens (tertiary/aromatic N) is 1. The molecule has 0 unspecified atom stereocenters. The lowest BCUT2D eigenvalue weighted by molar-refractivity contribution is -0.120. The fourth-order valence-corrected chi connectivity index (χ4v) is 4.68. The smallest absolute Gasteiger partial charge is 0.241 e. The lowest BCUT2D eigenvalue weighted by Crippen LogP contribution is -2.41. The van der Waals surface area contributed by atoms with Crippen LogP contribution in [0.2, 0.25) is 5.02 Å². The van der Waals surface area contributed by atoms with Crippen LogP contribution in [0.3, 0.4) is 0 Å². The Hall–Kier alpha value is -2.05. The highest BCUT2D eigenvalue weighted by Crippen LogP contribution is 2.26. The highest BCUT2D eigenvalue weighted by molar-refractivity contribution is 7.92. The normalized spacial score (nSPS) is 14.8. The predicted molar refractivity (Wildman–Crippen MR) is 118 cm³/mol. The molecule has 1 aliphatic rings. The topological polar surface area (TPSA) is 66.5 Å². The number of nitrogens with one attached hydrogen (secondary N) is 1. The van der Waals surface area contributed by atoms with Gasteiger partial charge in [-0.25, -0.2) is 8.42 Å². The summed E-state index contributed by atoms with van der Waals surface area (Å²) in [5.41, 5.74) is 4.98. The number of sulfonamides is 1. The first-order chi connectivity index (χ1) is 13.6. The SMILES string of the molecule is Cc1ccc(N(CC(=O)N[C@@H](C)c2ccc3c(c2)CCCC3)S(C)(=O)=O)cc1Cl. The highest BCUT2D eigenvalue weighted by Gasteiger charge is 2.23. The number of hydrogen-bond donors (Lipinski definition) is 1. The third-order valence-electron chi connectivity index (χ3n) is 5.38. The van der Waals surface area contributed by atoms with Gasteiger partial charge in [-0.05, 0) is 73.9 Å². The number of halogens is 1. The second kappa shape index (κ2) is 8.76. The van der Waals surface area contributed by atoms with Gasteiger partial charge in [0.15, 0.2) is 0 Å². The Bertz CT molecular complexity index is 1020. The van der Waals surface area contributed by atoms with E-state index in [1.807, 2.05) is 19.9 Å². The summed E-state index contributed by atoms with van der Waals surface area (Å²) in [5.74, 6) is -0.364. The van der Waals surface area contributed by atoms with Gasteiger partial charge in [0.2, 0.25) is 15.9 Å². The van der Waals surface area contributed by atoms with Crippen LogP contribution < -0.4 is 9.62 Å². The molecule has 0 radical (unpaired) electrons. The second-order valence-electron chi connectivity index (χ2n) is 7.73. The van der Waals surface area contributed by atoms with E-state index in [1.165, 1.54) is 24.0 Å². The number of carbonyl (C=O) groups excluding carboxylic acids is 1. The number of hydrogen-bond acceptors (Lipinski definition) is 3. The van der Waals surface area contributed by atoms with Gasteiger partial charge in [-0.1, -0.05) is 35.9 Å². The van der Waals surface area contributed by atoms with Crippen molar-refractivity contribution in [3.8, 4) is 0 Å². The number of aryl methyl sites for hydroxylation is 3. The molecule has 29 heavy (non-hydrogen) atoms. The number of anilines is 1. The van der Waals surface area contributed by atoms with Gasteiger partial charge in [-0.3, -0.25) is 9.10 Å². The molecule has 0 spiro atoms. The molecule has 156 valence electrons. The molecule has 1 N–H and O–H groups in total. The number of carbonyl (C=O) groups is 1. The Labute approximate surface area is 178 Å². The average molecular weight is 435 g/mol. The summed E-state index contributed by atoms with van der Waals surface area (Å²) in [5, 5.41) is 3.38. The minimum Gasteiger partial charge on any atom is -0.348 e. The first kappa shape index (κ1) is 21.7. The van der Waals surface area contributed by atoms with Crippen LogP contribution in [0, 0.1) is 6.92 Å². The fraction of sp³-hybridized carbons (Fsp3) is 0.409. The van der Waals surface area contributed by atoms with E-state index in [2.05, 4.69) is 17.4 Å². The van der Waals surface area contributed by atoms with Gasteiger partial charge >= 0.3 is 0 Å². The maximum absolute atomic E-state index is 12.6. The van der Waals surface area contributed by atoms with Crippen molar-refractivity contribution in [2.24, 2.45) is 0 Å². The van der Waals surface area contributed by atoms with Crippen LogP contribution in [0.15, 0.2) is 36.4 Å². The summed E-state index contributed by atoms with van der Waals surface area (Å²) in [6.07, 6.45) is 5.68. The summed E-state index contributed by atoms with van der Waals surface area (Å²) in [6.45, 7) is 3.45. The standard InChI is InChI=1S/C22H27ClN2O3S/c1-15-8-11-20(13-21(15)23)25(29(3,27)28)14-22(26)24-16(2)18-10-9-17-6-4-5-7-19(17)12-18/h8-13,16H,4-7,14H2,1-3H3,(H,24,26)/t16-/m0/s1. The number of rotatable bonds is 6. The van der Waals surface area contributed by atoms with Gasteiger partial charge < -0.3 is 5.32 Å². The van der Waals surface area contributed by atoms with Gasteiger partial charge in [0, 0.05) is 5.02 Å². The number of benzene rings is 2. The quantitative estimate of drug-likeness (QED) is 0.741. The summed E-state index contributed by atoms with van der Waals surface area (Å²) < 4.78 is 25.6. The Morgan fingerprint density at radius 1 is 1.14 bits per heavy atom. The Morgan fingerprint density at radius 2 is 1.83 bits per heavy atom. The first-order valence-corrected chi connectivity index (χ1v) is 12.0. The molecule has 1 aliphatic carbocycles. The van der Waals surface area contributed by atoms with Crippen LogP contribution in [-0.4, -0.2) is 27.1 Å². The first-order valence-electron chi connectivity index (χ1n) is 9.80. The van der Waals surface area contributed by atoms with Gasteiger partial charge in [0.05, 0.1) is 18.0 Å². The molecule has 2 aromatic rings. The molecule has 0 aromatic heterocycles. The van der Waals surface area contributed by atoms with E-state index in [0.717, 1.165) is 34.5 Å². The Balaban J connectivity index is 1.74. The number of amides is 1. The molecule has 7 heteroatoms. The minimum atomic E-state index is -3.64. The molecule has 1 amide bonds. The second-order valence-corrected chi connectivity index (χ2v) is 10.0. The summed E-state index contributed by atoms with van der Waals surface area (Å²) in [7, 11) is -3.64. The van der Waals surface area contributed by atoms with Crippen LogP contribution in [-0.2, 0) is 27.7 Å². The van der Waals surface area contributed by atoms with Crippen LogP contribution in [0.5, 0.6) is 0 Å². The molecule has 0 heterocycles. The van der Waals surface area contributed by atoms with Gasteiger partial charge in [0.25, 0.3) is 0 Å². The summed E-state index contributed by atoms with van der Waals surface area (Å²) in [6, 6.07) is 11.1. The van der Waals surface area contributed by atoms with Crippen molar-refractivity contribution in [3.63, 3.8) is 0 Å². The molecule has 0 saturated heterocycles. The zero-order chi connectivity index (χ0) is 21.2. The Morgan fingerprint density at radius 3 is 2.48 bits per heavy atom. The molecule has 3 rings (SSSR count). The molecular weight excluding hydrogens is 408 g/mol. The minimum absolute atomic E-state index is 0.210. The van der Waals surface area contributed by atoms with Crippen molar-refractivity contribution in [1.29, 1.82) is 0 Å². The van der Waals surface area contributed by atoms with E-state index in [1.54, 1.807) is 18.2 Å². The fourth-order valence-electron chi connectivity index (χ4n) is 3.66. The van der Waals surface area contributed by atoms with Crippen molar-refractivity contribution in [3.05, 3.63) is 63.7 Å². The van der Waals surface area contributed by atoms with E-state index in [4.69, 9.17) is 11.6 Å². The third kappa shape index (κ3) is 5.31. The monoisotopic (exact) mass is 434 g/mol. The van der Waals surface area contributed by atoms with Crippen molar-refractivity contribution in [2.75, 3.05) is 17.1 Å². The molecule has 0 aliphatic heterocycles. The van der Waals surface area contributed by atoms with Gasteiger partial charge in [-0.15, -0.1) is 0 Å². The van der Waals surface area contributed by atoms with Crippen LogP contribution in [0.1, 0.15) is 48.1 Å². The predicted octanol–water partition coefficient (Wildman–Crippen LogP) is 4.17. The summed E-state index contributed by atoms with van der Waals surface area (Å²) in [4.78, 5) is 12.6. The highest BCUT2D eigenvalue weighted by atomic mass is 35.5. The van der Waals surface area contributed by atoms with E-state index in [0.29, 0.717) is 10.7 Å². The number of fused-ring (bicyclic) bond motifs is 1. The molecule has 0 bridgehead atoms. The van der Waals surface area contributed by atoms with Crippen molar-refractivity contribution >= 4 is 33.2 Å². The van der Waals surface area contributed by atoms with Crippen molar-refractivity contribution < 1.29 is 13.2 Å². The molecule has 1 atom stereocenters. The maximum atomic E-state index is 12.6. The largest absolute Gasteiger partial charge is 0.348 e. The van der Waals surface area contributed by atoms with Gasteiger partial charge in [-0.2, -0.15) is 0 Å². The summed E-state index contributed by atoms with van der Waals surface area (Å²) >= 11 is 6.14. The molecule has 5 nitrogen and oxygen atoms in total. The molecular formula is C22H27ClN2O3S. The van der Waals surface area contributed by atoms with Crippen LogP contribution in [0.25, 0.3) is 0 Å². The third-order valence-corrected chi connectivity index (χ3v) is 6.93. The van der Waals surface area contributed by atoms with Crippen molar-refractivity contribution in [2.45, 2.75) is 45.6 Å². The Kier molecular flexibility index (Phi) is 6.54. The average Bonchev–Trinajstić information content (AvgIpc) is 2.67. The van der Waals surface area contributed by atoms with Gasteiger partial charge in [0.1, 0.15) is 6.54 Å². The molecule has 0 saturated carbocycles. The zero-order valence-electron chi connectivity index (χ0n) is 17.0. The zero-order valence-corrected chi connectivity index (χ0v) is 18.6. The lowest BCUT2D eigenvalue weighted by Gasteiger charge is -2.24.